The van der Waals surface area contributed by atoms with E-state index in [1.165, 1.54) is 4.90 Å². The van der Waals surface area contributed by atoms with E-state index in [1.807, 2.05) is 6.07 Å². The molecule has 7 rings (SSSR count). The highest BCUT2D eigenvalue weighted by Crippen LogP contribution is 2.32. The van der Waals surface area contributed by atoms with E-state index in [2.05, 4.69) is 34.5 Å². The number of nitrogens with zero attached hydrogens (tertiary/aromatic N) is 3. The molecule has 1 N–H and O–H groups in total. The fourth-order valence-electron chi connectivity index (χ4n) is 6.39. The minimum absolute atomic E-state index is 0.203. The monoisotopic (exact) mass is 558 g/mol. The molecule has 0 saturated carbocycles. The summed E-state index contributed by atoms with van der Waals surface area (Å²) in [6.45, 7) is 3.08. The van der Waals surface area contributed by atoms with Gasteiger partial charge in [-0.2, -0.15) is 0 Å². The molecule has 0 spiro atoms. The number of pyridine rings is 1. The number of fused-ring (bicyclic) bond motifs is 2. The van der Waals surface area contributed by atoms with Gasteiger partial charge >= 0.3 is 0 Å². The lowest BCUT2D eigenvalue weighted by Crippen LogP contribution is -2.52. The van der Waals surface area contributed by atoms with Gasteiger partial charge in [0, 0.05) is 61.8 Å². The second-order valence-corrected chi connectivity index (χ2v) is 11.4. The van der Waals surface area contributed by atoms with Crippen LogP contribution in [-0.2, 0) is 27.4 Å². The summed E-state index contributed by atoms with van der Waals surface area (Å²) in [6.07, 6.45) is -0.268. The Kier molecular flexibility index (Phi) is 6.67. The van der Waals surface area contributed by atoms with Crippen LogP contribution in [0.4, 0.5) is 4.39 Å². The van der Waals surface area contributed by atoms with Crippen molar-refractivity contribution in [2.45, 2.75) is 56.6 Å². The summed E-state index contributed by atoms with van der Waals surface area (Å²) in [5, 5.41) is 3.37. The zero-order valence-corrected chi connectivity index (χ0v) is 22.6. The number of piperidine rings is 1. The molecule has 10 heteroatoms. The van der Waals surface area contributed by atoms with Gasteiger partial charge < -0.3 is 14.4 Å². The summed E-state index contributed by atoms with van der Waals surface area (Å²) in [5.41, 5.74) is 4.35. The zero-order chi connectivity index (χ0) is 28.1. The predicted molar refractivity (Wildman–Crippen MR) is 147 cm³/mol. The smallest absolute Gasteiger partial charge is 0.255 e. The number of benzene rings is 2. The van der Waals surface area contributed by atoms with Gasteiger partial charge in [0.05, 0.1) is 12.1 Å². The molecule has 3 fully saturated rings. The Morgan fingerprint density at radius 1 is 1.05 bits per heavy atom. The quantitative estimate of drug-likeness (QED) is 0.464. The van der Waals surface area contributed by atoms with Gasteiger partial charge in [0.2, 0.25) is 11.8 Å². The lowest BCUT2D eigenvalue weighted by Gasteiger charge is -2.29. The van der Waals surface area contributed by atoms with E-state index < -0.39 is 24.2 Å². The SMILES string of the molecule is O=C1CCC(N2Cc3cc(O[C@@H]4CN(Cc5ccc6nc([C@@H]7CCOC7)ccc6c5)C[C@H]4F)ccc3C2=O)C(=O)N1. The van der Waals surface area contributed by atoms with Gasteiger partial charge in [-0.1, -0.05) is 12.1 Å². The number of ether oxygens (including phenoxy) is 2. The third kappa shape index (κ3) is 5.06. The standard InChI is InChI=1S/C31H31FN4O5/c32-24-15-35(13-18-1-5-25-19(11-18)2-6-26(33-25)20-9-10-40-17-20)16-28(24)41-22-3-4-23-21(12-22)14-36(31(23)39)27-7-8-29(37)34-30(27)38/h1-6,11-12,20,24,27-28H,7-10,13-17H2,(H,34,37,38)/t20-,24-,27?,28-/m1/s1. The predicted octanol–water partition coefficient (Wildman–Crippen LogP) is 3.10. The minimum atomic E-state index is -1.15. The van der Waals surface area contributed by atoms with E-state index in [-0.39, 0.29) is 31.3 Å². The molecule has 2 aromatic carbocycles. The summed E-state index contributed by atoms with van der Waals surface area (Å²) in [5.74, 6) is -0.157. The van der Waals surface area contributed by atoms with Crippen LogP contribution in [0.2, 0.25) is 0 Å². The number of imide groups is 1. The summed E-state index contributed by atoms with van der Waals surface area (Å²) >= 11 is 0. The molecule has 3 aromatic rings. The van der Waals surface area contributed by atoms with Crippen LogP contribution in [0, 0.1) is 0 Å². The molecule has 0 radical (unpaired) electrons. The van der Waals surface area contributed by atoms with Gasteiger partial charge in [0.1, 0.15) is 17.9 Å². The largest absolute Gasteiger partial charge is 0.486 e. The molecular formula is C31H31FN4O5. The van der Waals surface area contributed by atoms with Crippen molar-refractivity contribution >= 4 is 28.6 Å². The summed E-state index contributed by atoms with van der Waals surface area (Å²) in [6, 6.07) is 14.8. The summed E-state index contributed by atoms with van der Waals surface area (Å²) in [7, 11) is 0. The molecule has 3 amide bonds. The van der Waals surface area contributed by atoms with Crippen LogP contribution in [-0.4, -0.2) is 77.1 Å². The molecule has 9 nitrogen and oxygen atoms in total. The first kappa shape index (κ1) is 26.0. The molecule has 0 aliphatic carbocycles. The molecule has 3 saturated heterocycles. The van der Waals surface area contributed by atoms with E-state index in [1.54, 1.807) is 18.2 Å². The molecule has 41 heavy (non-hydrogen) atoms. The second-order valence-electron chi connectivity index (χ2n) is 11.4. The van der Waals surface area contributed by atoms with E-state index in [0.29, 0.717) is 36.7 Å². The van der Waals surface area contributed by atoms with Crippen LogP contribution >= 0.6 is 0 Å². The third-order valence-corrected chi connectivity index (χ3v) is 8.59. The van der Waals surface area contributed by atoms with Gasteiger partial charge in [-0.15, -0.1) is 0 Å². The average Bonchev–Trinajstić information content (AvgIpc) is 3.69. The first-order chi connectivity index (χ1) is 19.9. The van der Waals surface area contributed by atoms with E-state index >= 15 is 4.39 Å². The van der Waals surface area contributed by atoms with Crippen molar-refractivity contribution in [3.05, 3.63) is 70.9 Å². The van der Waals surface area contributed by atoms with Gasteiger partial charge in [-0.3, -0.25) is 29.6 Å². The van der Waals surface area contributed by atoms with Crippen LogP contribution in [0.15, 0.2) is 48.5 Å². The van der Waals surface area contributed by atoms with Crippen LogP contribution in [0.5, 0.6) is 5.75 Å². The third-order valence-electron chi connectivity index (χ3n) is 8.59. The minimum Gasteiger partial charge on any atom is -0.486 e. The van der Waals surface area contributed by atoms with Gasteiger partial charge in [0.15, 0.2) is 6.17 Å². The second kappa shape index (κ2) is 10.5. The van der Waals surface area contributed by atoms with Crippen molar-refractivity contribution in [3.8, 4) is 5.75 Å². The van der Waals surface area contributed by atoms with Crippen molar-refractivity contribution < 1.29 is 28.2 Å². The highest BCUT2D eigenvalue weighted by atomic mass is 19.1. The van der Waals surface area contributed by atoms with Crippen LogP contribution < -0.4 is 10.1 Å². The average molecular weight is 559 g/mol. The zero-order valence-electron chi connectivity index (χ0n) is 22.6. The van der Waals surface area contributed by atoms with Crippen molar-refractivity contribution in [1.29, 1.82) is 0 Å². The number of carbonyl (C=O) groups is 3. The van der Waals surface area contributed by atoms with Crippen molar-refractivity contribution in [2.75, 3.05) is 26.3 Å². The van der Waals surface area contributed by atoms with Crippen LogP contribution in [0.25, 0.3) is 10.9 Å². The number of hydrogen-bond acceptors (Lipinski definition) is 7. The number of halogens is 1. The molecule has 1 unspecified atom stereocenters. The van der Waals surface area contributed by atoms with Crippen LogP contribution in [0.3, 0.4) is 0 Å². The Balaban J connectivity index is 0.988. The molecular weight excluding hydrogens is 527 g/mol. The van der Waals surface area contributed by atoms with E-state index in [9.17, 15) is 14.4 Å². The Morgan fingerprint density at radius 2 is 1.95 bits per heavy atom. The normalized spacial score (nSPS) is 26.6. The number of alkyl halides is 1. The number of hydrogen-bond donors (Lipinski definition) is 1. The lowest BCUT2D eigenvalue weighted by atomic mass is 10.0. The van der Waals surface area contributed by atoms with E-state index in [0.717, 1.165) is 47.4 Å². The highest BCUT2D eigenvalue weighted by molar-refractivity contribution is 6.05. The Hall–Kier alpha value is -3.89. The molecule has 4 aliphatic rings. The first-order valence-electron chi connectivity index (χ1n) is 14.2. The first-order valence-corrected chi connectivity index (χ1v) is 14.2. The lowest BCUT2D eigenvalue weighted by molar-refractivity contribution is -0.136. The van der Waals surface area contributed by atoms with Gasteiger partial charge in [0.25, 0.3) is 5.91 Å². The van der Waals surface area contributed by atoms with E-state index in [4.69, 9.17) is 14.5 Å². The number of nitrogens with one attached hydrogen (secondary N) is 1. The van der Waals surface area contributed by atoms with Gasteiger partial charge in [-0.25, -0.2) is 4.39 Å². The summed E-state index contributed by atoms with van der Waals surface area (Å²) < 4.78 is 26.6. The molecule has 4 atom stereocenters. The van der Waals surface area contributed by atoms with Crippen molar-refractivity contribution in [2.24, 2.45) is 0 Å². The Bertz CT molecular complexity index is 1540. The number of rotatable bonds is 6. The van der Waals surface area contributed by atoms with Crippen molar-refractivity contribution in [1.82, 2.24) is 20.1 Å². The number of carbonyl (C=O) groups excluding carboxylic acids is 3. The maximum Gasteiger partial charge on any atom is 0.255 e. The van der Waals surface area contributed by atoms with Gasteiger partial charge in [-0.05, 0) is 60.4 Å². The van der Waals surface area contributed by atoms with Crippen molar-refractivity contribution in [3.63, 3.8) is 0 Å². The summed E-state index contributed by atoms with van der Waals surface area (Å²) in [4.78, 5) is 45.1. The fraction of sp³-hybridized carbons (Fsp3) is 0.419. The molecule has 4 aliphatic heterocycles. The Labute approximate surface area is 236 Å². The Morgan fingerprint density at radius 3 is 2.78 bits per heavy atom. The number of amides is 3. The molecule has 0 bridgehead atoms. The maximum absolute atomic E-state index is 15.1. The van der Waals surface area contributed by atoms with Crippen LogP contribution in [0.1, 0.15) is 52.4 Å². The topological polar surface area (TPSA) is 101 Å². The molecule has 212 valence electrons. The maximum atomic E-state index is 15.1. The number of aromatic nitrogens is 1. The fourth-order valence-corrected chi connectivity index (χ4v) is 6.39. The number of likely N-dealkylation sites (tertiary alicyclic amines) is 1. The highest BCUT2D eigenvalue weighted by Gasteiger charge is 2.40. The molecule has 1 aromatic heterocycles. The molecule has 5 heterocycles.